The lowest BCUT2D eigenvalue weighted by molar-refractivity contribution is -0.274. The molecule has 0 heterocycles. The second-order valence-corrected chi connectivity index (χ2v) is 8.24. The van der Waals surface area contributed by atoms with E-state index in [4.69, 9.17) is 9.47 Å². The van der Waals surface area contributed by atoms with Crippen LogP contribution >= 0.6 is 0 Å². The normalized spacial score (nSPS) is 12.1. The summed E-state index contributed by atoms with van der Waals surface area (Å²) in [7, 11) is 1.56. The zero-order chi connectivity index (χ0) is 23.4. The van der Waals surface area contributed by atoms with Crippen molar-refractivity contribution < 1.29 is 27.4 Å². The van der Waals surface area contributed by atoms with Gasteiger partial charge in [0.15, 0.2) is 0 Å². The Morgan fingerprint density at radius 1 is 0.750 bits per heavy atom. The van der Waals surface area contributed by atoms with Crippen molar-refractivity contribution >= 4 is 6.08 Å². The van der Waals surface area contributed by atoms with E-state index in [1.165, 1.54) is 17.7 Å². The van der Waals surface area contributed by atoms with Gasteiger partial charge < -0.3 is 14.2 Å². The molecule has 0 aromatic heterocycles. The van der Waals surface area contributed by atoms with Crippen LogP contribution in [0.15, 0.2) is 73.0 Å². The molecule has 3 aromatic rings. The molecule has 0 aliphatic carbocycles. The smallest absolute Gasteiger partial charge is 0.504 e. The first-order valence-electron chi connectivity index (χ1n) is 10.0. The van der Waals surface area contributed by atoms with E-state index in [0.717, 1.165) is 16.7 Å². The predicted molar refractivity (Wildman–Crippen MR) is 120 cm³/mol. The van der Waals surface area contributed by atoms with Gasteiger partial charge >= 0.3 is 6.36 Å². The molecule has 0 unspecified atom stereocenters. The minimum atomic E-state index is -4.72. The zero-order valence-electron chi connectivity index (χ0n) is 18.4. The highest BCUT2D eigenvalue weighted by molar-refractivity contribution is 5.70. The van der Waals surface area contributed by atoms with Crippen molar-refractivity contribution in [3.63, 3.8) is 0 Å². The van der Waals surface area contributed by atoms with Gasteiger partial charge in [0.25, 0.3) is 0 Å². The number of methoxy groups -OCH3 is 1. The molecule has 0 saturated carbocycles. The van der Waals surface area contributed by atoms with E-state index in [1.807, 2.05) is 42.5 Å². The third-order valence-corrected chi connectivity index (χ3v) is 4.77. The average Bonchev–Trinajstić information content (AvgIpc) is 2.72. The molecule has 0 N–H and O–H groups in total. The second-order valence-electron chi connectivity index (χ2n) is 8.24. The standard InChI is InChI=1S/C26H25F3O3/c1-25(2,3)21-9-13-22(14-10-21)31-24-17-20(6-5-19(24)15-16-30-4)18-7-11-23(12-8-18)32-26(27,28)29/h5-17H,1-4H3. The van der Waals surface area contributed by atoms with Crippen LogP contribution in [0.25, 0.3) is 17.2 Å². The summed E-state index contributed by atoms with van der Waals surface area (Å²) < 4.78 is 52.3. The number of hydrogen-bond donors (Lipinski definition) is 0. The lowest BCUT2D eigenvalue weighted by Gasteiger charge is -2.19. The van der Waals surface area contributed by atoms with Crippen LogP contribution in [0.1, 0.15) is 31.9 Å². The maximum atomic E-state index is 12.4. The zero-order valence-corrected chi connectivity index (χ0v) is 18.4. The van der Waals surface area contributed by atoms with Gasteiger partial charge in [-0.1, -0.05) is 57.2 Å². The lowest BCUT2D eigenvalue weighted by atomic mass is 9.87. The Hall–Kier alpha value is -3.41. The molecular formula is C26H25F3O3. The molecule has 0 aliphatic rings. The van der Waals surface area contributed by atoms with Crippen LogP contribution in [0.3, 0.4) is 0 Å². The summed E-state index contributed by atoms with van der Waals surface area (Å²) >= 11 is 0. The molecule has 0 atom stereocenters. The molecule has 0 spiro atoms. The van der Waals surface area contributed by atoms with Crippen molar-refractivity contribution in [1.29, 1.82) is 0 Å². The Labute approximate surface area is 186 Å². The highest BCUT2D eigenvalue weighted by Gasteiger charge is 2.31. The number of alkyl halides is 3. The average molecular weight is 442 g/mol. The van der Waals surface area contributed by atoms with E-state index in [1.54, 1.807) is 31.6 Å². The Morgan fingerprint density at radius 3 is 1.91 bits per heavy atom. The fourth-order valence-corrected chi connectivity index (χ4v) is 3.08. The summed E-state index contributed by atoms with van der Waals surface area (Å²) in [5.41, 5.74) is 3.55. The number of benzene rings is 3. The predicted octanol–water partition coefficient (Wildman–Crippen LogP) is 7.96. The van der Waals surface area contributed by atoms with Gasteiger partial charge in [0.2, 0.25) is 0 Å². The van der Waals surface area contributed by atoms with Gasteiger partial charge in [-0.2, -0.15) is 0 Å². The third kappa shape index (κ3) is 6.30. The summed E-state index contributed by atoms with van der Waals surface area (Å²) in [5, 5.41) is 0. The number of halogens is 3. The Balaban J connectivity index is 1.90. The van der Waals surface area contributed by atoms with Crippen LogP contribution in [0.5, 0.6) is 17.2 Å². The Bertz CT molecular complexity index is 1060. The number of ether oxygens (including phenoxy) is 3. The largest absolute Gasteiger partial charge is 0.573 e. The van der Waals surface area contributed by atoms with Crippen LogP contribution < -0.4 is 9.47 Å². The van der Waals surface area contributed by atoms with E-state index in [9.17, 15) is 13.2 Å². The van der Waals surface area contributed by atoms with Gasteiger partial charge in [-0.3, -0.25) is 0 Å². The summed E-state index contributed by atoms with van der Waals surface area (Å²) in [6, 6.07) is 19.2. The molecule has 3 rings (SSSR count). The van der Waals surface area contributed by atoms with E-state index < -0.39 is 6.36 Å². The van der Waals surface area contributed by atoms with Crippen molar-refractivity contribution in [2.24, 2.45) is 0 Å². The van der Waals surface area contributed by atoms with E-state index in [-0.39, 0.29) is 11.2 Å². The maximum absolute atomic E-state index is 12.4. The minimum absolute atomic E-state index is 0.0345. The van der Waals surface area contributed by atoms with Gasteiger partial charge in [0.1, 0.15) is 17.2 Å². The van der Waals surface area contributed by atoms with Gasteiger partial charge in [0, 0.05) is 5.56 Å². The van der Waals surface area contributed by atoms with Crippen LogP contribution in [0.4, 0.5) is 13.2 Å². The number of rotatable bonds is 6. The van der Waals surface area contributed by atoms with Crippen molar-refractivity contribution in [3.05, 3.63) is 84.1 Å². The van der Waals surface area contributed by atoms with Crippen molar-refractivity contribution in [3.8, 4) is 28.4 Å². The molecule has 0 radical (unpaired) electrons. The van der Waals surface area contributed by atoms with Gasteiger partial charge in [-0.25, -0.2) is 0 Å². The molecule has 6 heteroatoms. The summed E-state index contributed by atoms with van der Waals surface area (Å²) in [5.74, 6) is 1.00. The summed E-state index contributed by atoms with van der Waals surface area (Å²) in [4.78, 5) is 0. The quantitative estimate of drug-likeness (QED) is 0.363. The summed E-state index contributed by atoms with van der Waals surface area (Å²) in [6.07, 6.45) is -1.39. The molecule has 3 aromatic carbocycles. The monoisotopic (exact) mass is 442 g/mol. The molecule has 3 nitrogen and oxygen atoms in total. The van der Waals surface area contributed by atoms with Crippen molar-refractivity contribution in [2.75, 3.05) is 7.11 Å². The molecule has 0 amide bonds. The highest BCUT2D eigenvalue weighted by atomic mass is 19.4. The number of hydrogen-bond acceptors (Lipinski definition) is 3. The molecule has 0 fully saturated rings. The molecule has 0 bridgehead atoms. The van der Waals surface area contributed by atoms with Crippen molar-refractivity contribution in [2.45, 2.75) is 32.5 Å². The topological polar surface area (TPSA) is 27.7 Å². The Kier molecular flexibility index (Phi) is 6.82. The van der Waals surface area contributed by atoms with Crippen LogP contribution in [-0.2, 0) is 10.2 Å². The summed E-state index contributed by atoms with van der Waals surface area (Å²) in [6.45, 7) is 6.43. The second kappa shape index (κ2) is 9.39. The van der Waals surface area contributed by atoms with E-state index >= 15 is 0 Å². The van der Waals surface area contributed by atoms with Crippen LogP contribution in [0, 0.1) is 0 Å². The van der Waals surface area contributed by atoms with Gasteiger partial charge in [0.05, 0.1) is 13.4 Å². The molecule has 0 saturated heterocycles. The first-order chi connectivity index (χ1) is 15.0. The third-order valence-electron chi connectivity index (χ3n) is 4.77. The van der Waals surface area contributed by atoms with E-state index in [2.05, 4.69) is 25.5 Å². The molecule has 168 valence electrons. The maximum Gasteiger partial charge on any atom is 0.573 e. The minimum Gasteiger partial charge on any atom is -0.504 e. The molecule has 32 heavy (non-hydrogen) atoms. The van der Waals surface area contributed by atoms with Crippen LogP contribution in [0.2, 0.25) is 0 Å². The fourth-order valence-electron chi connectivity index (χ4n) is 3.08. The lowest BCUT2D eigenvalue weighted by Crippen LogP contribution is -2.16. The van der Waals surface area contributed by atoms with Crippen LogP contribution in [-0.4, -0.2) is 13.5 Å². The molecular weight excluding hydrogens is 417 g/mol. The first kappa shape index (κ1) is 23.3. The van der Waals surface area contributed by atoms with Gasteiger partial charge in [-0.15, -0.1) is 13.2 Å². The molecule has 0 aliphatic heterocycles. The fraction of sp³-hybridized carbons (Fsp3) is 0.231. The highest BCUT2D eigenvalue weighted by Crippen LogP contribution is 2.34. The SMILES string of the molecule is COC=Cc1ccc(-c2ccc(OC(F)(F)F)cc2)cc1Oc1ccc(C(C)(C)C)cc1. The first-order valence-corrected chi connectivity index (χ1v) is 10.0. The van der Waals surface area contributed by atoms with Crippen molar-refractivity contribution in [1.82, 2.24) is 0 Å². The van der Waals surface area contributed by atoms with E-state index in [0.29, 0.717) is 11.5 Å². The van der Waals surface area contributed by atoms with Gasteiger partial charge in [-0.05, 0) is 58.5 Å². The Morgan fingerprint density at radius 2 is 1.34 bits per heavy atom.